The Bertz CT molecular complexity index is 631. The van der Waals surface area contributed by atoms with E-state index in [2.05, 4.69) is 23.9 Å². The molecule has 0 saturated carbocycles. The fraction of sp³-hybridized carbons (Fsp3) is 0.292. The third kappa shape index (κ3) is 10.3. The van der Waals surface area contributed by atoms with Gasteiger partial charge in [0.05, 0.1) is 6.10 Å². The Morgan fingerprint density at radius 2 is 1.59 bits per heavy atom. The molecule has 3 nitrogen and oxygen atoms in total. The van der Waals surface area contributed by atoms with E-state index in [1.807, 2.05) is 76.4 Å². The van der Waals surface area contributed by atoms with E-state index in [1.165, 1.54) is 7.05 Å². The monoisotopic (exact) mass is 368 g/mol. The van der Waals surface area contributed by atoms with Crippen molar-refractivity contribution in [2.75, 3.05) is 7.05 Å². The summed E-state index contributed by atoms with van der Waals surface area (Å²) in [6.07, 6.45) is 6.73. The van der Waals surface area contributed by atoms with Gasteiger partial charge in [0.1, 0.15) is 0 Å². The van der Waals surface area contributed by atoms with Crippen LogP contribution in [0, 0.1) is 0 Å². The summed E-state index contributed by atoms with van der Waals surface area (Å²) in [6, 6.07) is 14.1. The number of hydrogen-bond acceptors (Lipinski definition) is 3. The van der Waals surface area contributed by atoms with Crippen molar-refractivity contribution in [1.82, 2.24) is 4.98 Å². The molecule has 0 aliphatic heterocycles. The van der Waals surface area contributed by atoms with Crippen LogP contribution in [0.3, 0.4) is 0 Å². The Balaban J connectivity index is 0. The zero-order valence-electron chi connectivity index (χ0n) is 17.5. The number of allylic oxidation sites excluding steroid dienone is 2. The minimum Gasteiger partial charge on any atom is -0.388 e. The first-order valence-electron chi connectivity index (χ1n) is 9.46. The summed E-state index contributed by atoms with van der Waals surface area (Å²) < 4.78 is 0. The Morgan fingerprint density at radius 3 is 2.04 bits per heavy atom. The molecule has 1 atom stereocenters. The molecule has 0 bridgehead atoms. The average Bonchev–Trinajstić information content (AvgIpc) is 2.77. The molecule has 2 rings (SSSR count). The molecule has 1 aromatic carbocycles. The molecule has 0 aliphatic carbocycles. The molecule has 0 spiro atoms. The smallest absolute Gasteiger partial charge is 0.0845 e. The molecule has 27 heavy (non-hydrogen) atoms. The highest BCUT2D eigenvalue weighted by molar-refractivity contribution is 5.62. The van der Waals surface area contributed by atoms with Crippen molar-refractivity contribution in [3.63, 3.8) is 0 Å². The van der Waals surface area contributed by atoms with Crippen molar-refractivity contribution in [3.8, 4) is 11.1 Å². The molecule has 1 aromatic heterocycles. The largest absolute Gasteiger partial charge is 0.388 e. The Labute approximate surface area is 166 Å². The van der Waals surface area contributed by atoms with Crippen LogP contribution >= 0.6 is 0 Å². The van der Waals surface area contributed by atoms with Crippen LogP contribution in [0.25, 0.3) is 11.1 Å². The predicted octanol–water partition coefficient (Wildman–Crippen LogP) is 5.58. The summed E-state index contributed by atoms with van der Waals surface area (Å²) in [4.78, 5) is 4.42. The molecule has 3 N–H and O–H groups in total. The molecule has 3 heteroatoms. The minimum absolute atomic E-state index is 0.459. The third-order valence-corrected chi connectivity index (χ3v) is 3.27. The highest BCUT2D eigenvalue weighted by Crippen LogP contribution is 2.18. The van der Waals surface area contributed by atoms with Gasteiger partial charge >= 0.3 is 0 Å². The molecular weight excluding hydrogens is 332 g/mol. The minimum atomic E-state index is -0.615. The first-order chi connectivity index (χ1) is 13.2. The number of pyridine rings is 1. The maximum absolute atomic E-state index is 10.2. The molecular formula is C24H36N2O. The fourth-order valence-electron chi connectivity index (χ4n) is 2.11. The first-order valence-corrected chi connectivity index (χ1v) is 9.46. The van der Waals surface area contributed by atoms with Crippen LogP contribution in [0.4, 0.5) is 0 Å². The first kappa shape index (κ1) is 26.7. The Morgan fingerprint density at radius 1 is 1.00 bits per heavy atom. The SMILES string of the molecule is C=C/C=C(\C=C)C(O)Cc1ccc(-c2ccccc2)cn1.CC.CC.CN. The number of aromatic nitrogens is 1. The van der Waals surface area contributed by atoms with Gasteiger partial charge in [-0.15, -0.1) is 0 Å². The molecule has 0 aliphatic rings. The van der Waals surface area contributed by atoms with Gasteiger partial charge in [0.15, 0.2) is 0 Å². The lowest BCUT2D eigenvalue weighted by Crippen LogP contribution is -2.13. The summed E-state index contributed by atoms with van der Waals surface area (Å²) >= 11 is 0. The zero-order valence-corrected chi connectivity index (χ0v) is 17.5. The number of rotatable bonds is 6. The Kier molecular flexibility index (Phi) is 18.1. The molecule has 0 saturated heterocycles. The van der Waals surface area contributed by atoms with Crippen molar-refractivity contribution in [3.05, 3.63) is 91.3 Å². The van der Waals surface area contributed by atoms with Gasteiger partial charge < -0.3 is 10.8 Å². The van der Waals surface area contributed by atoms with Crippen molar-refractivity contribution in [1.29, 1.82) is 0 Å². The summed E-state index contributed by atoms with van der Waals surface area (Å²) in [5, 5.41) is 10.2. The van der Waals surface area contributed by atoms with Crippen molar-refractivity contribution < 1.29 is 5.11 Å². The second-order valence-corrected chi connectivity index (χ2v) is 4.73. The molecule has 2 aromatic rings. The van der Waals surface area contributed by atoms with E-state index < -0.39 is 6.10 Å². The number of nitrogens with two attached hydrogens (primary N) is 1. The van der Waals surface area contributed by atoms with Gasteiger partial charge in [0.25, 0.3) is 0 Å². The van der Waals surface area contributed by atoms with E-state index in [9.17, 15) is 5.11 Å². The van der Waals surface area contributed by atoms with E-state index in [0.717, 1.165) is 22.4 Å². The fourth-order valence-corrected chi connectivity index (χ4v) is 2.11. The van der Waals surface area contributed by atoms with Crippen LogP contribution in [0.15, 0.2) is 85.6 Å². The van der Waals surface area contributed by atoms with Crippen LogP contribution in [0.2, 0.25) is 0 Å². The van der Waals surface area contributed by atoms with Crippen molar-refractivity contribution in [2.45, 2.75) is 40.2 Å². The van der Waals surface area contributed by atoms with Crippen LogP contribution in [0.1, 0.15) is 33.4 Å². The maximum Gasteiger partial charge on any atom is 0.0845 e. The molecule has 1 unspecified atom stereocenters. The normalized spacial score (nSPS) is 10.6. The van der Waals surface area contributed by atoms with E-state index >= 15 is 0 Å². The van der Waals surface area contributed by atoms with Gasteiger partial charge in [0, 0.05) is 23.9 Å². The number of benzene rings is 1. The number of hydrogen-bond donors (Lipinski definition) is 2. The second kappa shape index (κ2) is 18.3. The molecule has 0 radical (unpaired) electrons. The van der Waals surface area contributed by atoms with Crippen molar-refractivity contribution in [2.24, 2.45) is 5.73 Å². The lowest BCUT2D eigenvalue weighted by Gasteiger charge is -2.11. The van der Waals surface area contributed by atoms with E-state index in [-0.39, 0.29) is 0 Å². The topological polar surface area (TPSA) is 59.1 Å². The summed E-state index contributed by atoms with van der Waals surface area (Å²) in [5.74, 6) is 0. The van der Waals surface area contributed by atoms with Crippen LogP contribution in [-0.4, -0.2) is 23.2 Å². The van der Waals surface area contributed by atoms with Gasteiger partial charge in [-0.3, -0.25) is 4.98 Å². The average molecular weight is 369 g/mol. The van der Waals surface area contributed by atoms with Gasteiger partial charge in [0.2, 0.25) is 0 Å². The van der Waals surface area contributed by atoms with Crippen LogP contribution in [-0.2, 0) is 6.42 Å². The van der Waals surface area contributed by atoms with Gasteiger partial charge in [-0.05, 0) is 24.3 Å². The predicted molar refractivity (Wildman–Crippen MR) is 121 cm³/mol. The van der Waals surface area contributed by atoms with E-state index in [4.69, 9.17) is 0 Å². The standard InChI is InChI=1S/C19H19NO.2C2H6.CH5N/c1-3-8-15(4-2)19(21)13-18-12-11-17(14-20-18)16-9-6-5-7-10-16;3*1-2/h3-12,14,19,21H,1-2,13H2;2*1-2H3;2H2,1H3/b15-8+;;;. The zero-order chi connectivity index (χ0) is 21.1. The molecule has 0 amide bonds. The highest BCUT2D eigenvalue weighted by atomic mass is 16.3. The van der Waals surface area contributed by atoms with Gasteiger partial charge in [-0.25, -0.2) is 0 Å². The molecule has 148 valence electrons. The van der Waals surface area contributed by atoms with E-state index in [0.29, 0.717) is 6.42 Å². The summed E-state index contributed by atoms with van der Waals surface area (Å²) in [7, 11) is 1.50. The van der Waals surface area contributed by atoms with Gasteiger partial charge in [-0.2, -0.15) is 0 Å². The summed E-state index contributed by atoms with van der Waals surface area (Å²) in [6.45, 7) is 15.3. The maximum atomic E-state index is 10.2. The van der Waals surface area contributed by atoms with Gasteiger partial charge in [-0.1, -0.05) is 95.5 Å². The molecule has 0 fully saturated rings. The van der Waals surface area contributed by atoms with Crippen LogP contribution in [0.5, 0.6) is 0 Å². The lowest BCUT2D eigenvalue weighted by atomic mass is 10.0. The summed E-state index contributed by atoms with van der Waals surface area (Å²) in [5.41, 5.74) is 8.30. The Hall–Kier alpha value is -2.49. The number of nitrogens with zero attached hydrogens (tertiary/aromatic N) is 1. The highest BCUT2D eigenvalue weighted by Gasteiger charge is 2.09. The quantitative estimate of drug-likeness (QED) is 0.655. The van der Waals surface area contributed by atoms with E-state index in [1.54, 1.807) is 18.2 Å². The number of aliphatic hydroxyl groups excluding tert-OH is 1. The third-order valence-electron chi connectivity index (χ3n) is 3.27. The van der Waals surface area contributed by atoms with Crippen molar-refractivity contribution >= 4 is 0 Å². The number of aliphatic hydroxyl groups is 1. The second-order valence-electron chi connectivity index (χ2n) is 4.73. The lowest BCUT2D eigenvalue weighted by molar-refractivity contribution is 0.214. The molecule has 1 heterocycles. The van der Waals surface area contributed by atoms with Crippen LogP contribution < -0.4 is 5.73 Å².